The third kappa shape index (κ3) is 8.79. The highest BCUT2D eigenvalue weighted by atomic mass is 32.2. The van der Waals surface area contributed by atoms with Gasteiger partial charge >= 0.3 is 0 Å². The van der Waals surface area contributed by atoms with Crippen molar-refractivity contribution in [1.82, 2.24) is 9.62 Å². The van der Waals surface area contributed by atoms with Crippen molar-refractivity contribution in [1.29, 1.82) is 0 Å². The van der Waals surface area contributed by atoms with Crippen LogP contribution in [0.4, 0.5) is 4.39 Å². The van der Waals surface area contributed by atoms with E-state index < -0.39 is 10.0 Å². The smallest absolute Gasteiger partial charge is 0.263 e. The minimum absolute atomic E-state index is 0.0409. The number of hydrogen-bond acceptors (Lipinski definition) is 3. The highest BCUT2D eigenvalue weighted by Crippen LogP contribution is 2.51. The van der Waals surface area contributed by atoms with E-state index in [1.807, 2.05) is 27.7 Å². The van der Waals surface area contributed by atoms with Crippen LogP contribution in [0, 0.1) is 11.2 Å². The molecule has 7 heteroatoms. The molecule has 1 saturated carbocycles. The van der Waals surface area contributed by atoms with E-state index in [9.17, 15) is 17.6 Å². The van der Waals surface area contributed by atoms with E-state index in [2.05, 4.69) is 25.4 Å². The first-order valence-corrected chi connectivity index (χ1v) is 15.4. The molecule has 0 bridgehead atoms. The summed E-state index contributed by atoms with van der Waals surface area (Å²) < 4.78 is 41.4. The lowest BCUT2D eigenvalue weighted by Gasteiger charge is -2.36. The van der Waals surface area contributed by atoms with Crippen molar-refractivity contribution >= 4 is 15.9 Å². The molecule has 0 aromatic heterocycles. The summed E-state index contributed by atoms with van der Waals surface area (Å²) in [6, 6.07) is 5.88. The van der Waals surface area contributed by atoms with Gasteiger partial charge in [-0.25, -0.2) is 12.8 Å². The van der Waals surface area contributed by atoms with Crippen molar-refractivity contribution in [3.05, 3.63) is 94.9 Å². The van der Waals surface area contributed by atoms with Gasteiger partial charge in [0.05, 0.1) is 4.91 Å². The number of halogens is 1. The first-order valence-electron chi connectivity index (χ1n) is 13.9. The van der Waals surface area contributed by atoms with Gasteiger partial charge in [-0.05, 0) is 75.5 Å². The van der Waals surface area contributed by atoms with Gasteiger partial charge in [-0.2, -0.15) is 0 Å². The molecule has 1 aromatic rings. The molecule has 3 rings (SSSR count). The lowest BCUT2D eigenvalue weighted by Crippen LogP contribution is -2.35. The molecule has 0 atom stereocenters. The standard InChI is InChI=1S/C27H35FN2O3S.C3H6.C2H6/c1-5-23(26(31)29-18-22-11-14-24(28)15-12-22)13-10-20(3)34(32,33)30-19-27(16-8-7-9-17-27)25(6-2)21(30)4;1-3-2;1-2/h5,10-15H,3,6-9,16-19H2,1-2,4H3,(H,29,31);3H,1H2,2H3;1-2H3/b13-10-,23-5+;;. The van der Waals surface area contributed by atoms with E-state index in [1.165, 1.54) is 40.6 Å². The zero-order valence-electron chi connectivity index (χ0n) is 24.6. The van der Waals surface area contributed by atoms with E-state index in [0.717, 1.165) is 43.4 Å². The van der Waals surface area contributed by atoms with Crippen molar-refractivity contribution in [3.63, 3.8) is 0 Å². The predicted molar refractivity (Wildman–Crippen MR) is 162 cm³/mol. The zero-order valence-corrected chi connectivity index (χ0v) is 25.5. The van der Waals surface area contributed by atoms with Crippen molar-refractivity contribution in [2.75, 3.05) is 6.54 Å². The molecule has 1 heterocycles. The topological polar surface area (TPSA) is 66.5 Å². The van der Waals surface area contributed by atoms with E-state index in [4.69, 9.17) is 0 Å². The molecule has 0 radical (unpaired) electrons. The normalized spacial score (nSPS) is 16.8. The summed E-state index contributed by atoms with van der Waals surface area (Å²) in [6.45, 7) is 19.5. The van der Waals surface area contributed by atoms with Gasteiger partial charge in [0.15, 0.2) is 0 Å². The van der Waals surface area contributed by atoms with Crippen molar-refractivity contribution in [2.24, 2.45) is 5.41 Å². The summed E-state index contributed by atoms with van der Waals surface area (Å²) in [5, 5.41) is 2.77. The van der Waals surface area contributed by atoms with Crippen LogP contribution in [0.25, 0.3) is 0 Å². The quantitative estimate of drug-likeness (QED) is 0.200. The summed E-state index contributed by atoms with van der Waals surface area (Å²) in [7, 11) is -3.80. The van der Waals surface area contributed by atoms with Crippen LogP contribution in [-0.2, 0) is 21.4 Å². The monoisotopic (exact) mass is 558 g/mol. The average molecular weight is 559 g/mol. The molecule has 1 N–H and O–H groups in total. The molecule has 1 aliphatic carbocycles. The Balaban J connectivity index is 0.00000142. The van der Waals surface area contributed by atoms with Crippen molar-refractivity contribution in [3.8, 4) is 0 Å². The van der Waals surface area contributed by atoms with Crippen LogP contribution in [0.1, 0.15) is 85.6 Å². The molecule has 1 amide bonds. The van der Waals surface area contributed by atoms with Gasteiger partial charge in [0, 0.05) is 29.8 Å². The fourth-order valence-electron chi connectivity index (χ4n) is 5.21. The van der Waals surface area contributed by atoms with Crippen LogP contribution >= 0.6 is 0 Å². The van der Waals surface area contributed by atoms with Gasteiger partial charge in [0.2, 0.25) is 0 Å². The molecule has 0 saturated heterocycles. The number of rotatable bonds is 8. The van der Waals surface area contributed by atoms with Crippen LogP contribution < -0.4 is 5.32 Å². The Kier molecular flexibility index (Phi) is 14.2. The fraction of sp³-hybridized carbons (Fsp3) is 0.469. The molecular formula is C32H47FN2O3S. The maximum Gasteiger partial charge on any atom is 0.263 e. The Labute approximate surface area is 236 Å². The van der Waals surface area contributed by atoms with Gasteiger partial charge < -0.3 is 5.32 Å². The number of sulfonamides is 1. The molecule has 5 nitrogen and oxygen atoms in total. The Morgan fingerprint density at radius 3 is 2.18 bits per heavy atom. The van der Waals surface area contributed by atoms with Gasteiger partial charge in [-0.1, -0.05) is 70.9 Å². The Bertz CT molecular complexity index is 1170. The van der Waals surface area contributed by atoms with Crippen molar-refractivity contribution in [2.45, 2.75) is 86.6 Å². The van der Waals surface area contributed by atoms with E-state index >= 15 is 0 Å². The number of benzene rings is 1. The number of nitrogens with zero attached hydrogens (tertiary/aromatic N) is 1. The number of carbonyl (C=O) groups excluding carboxylic acids is 1. The highest BCUT2D eigenvalue weighted by molar-refractivity contribution is 7.93. The number of hydrogen-bond donors (Lipinski definition) is 1. The largest absolute Gasteiger partial charge is 0.348 e. The first kappa shape index (κ1) is 34.1. The molecule has 39 heavy (non-hydrogen) atoms. The lowest BCUT2D eigenvalue weighted by atomic mass is 9.69. The summed E-state index contributed by atoms with van der Waals surface area (Å²) >= 11 is 0. The second-order valence-electron chi connectivity index (χ2n) is 9.53. The van der Waals surface area contributed by atoms with Gasteiger partial charge in [-0.15, -0.1) is 6.58 Å². The summed E-state index contributed by atoms with van der Waals surface area (Å²) in [4.78, 5) is 12.5. The highest BCUT2D eigenvalue weighted by Gasteiger charge is 2.46. The molecule has 0 unspecified atom stereocenters. The SMILES string of the molecule is C=C(/C=C\C(=C/C)C(=O)NCc1ccc(F)cc1)S(=O)(=O)N1CC2(CCCCC2)C(CC)=C1C.C=CC.CC. The maximum atomic E-state index is 13.4. The van der Waals surface area contributed by atoms with Crippen LogP contribution in [0.2, 0.25) is 0 Å². The zero-order chi connectivity index (χ0) is 29.6. The van der Waals surface area contributed by atoms with Gasteiger partial charge in [0.1, 0.15) is 5.82 Å². The fourth-order valence-corrected chi connectivity index (χ4v) is 6.62. The molecule has 1 spiro atoms. The summed E-state index contributed by atoms with van der Waals surface area (Å²) in [5.41, 5.74) is 3.11. The second-order valence-corrected chi connectivity index (χ2v) is 11.4. The minimum atomic E-state index is -3.80. The third-order valence-corrected chi connectivity index (χ3v) is 8.85. The molecule has 216 valence electrons. The van der Waals surface area contributed by atoms with Crippen LogP contribution in [0.3, 0.4) is 0 Å². The summed E-state index contributed by atoms with van der Waals surface area (Å²) in [6.07, 6.45) is 12.6. The number of allylic oxidation sites excluding steroid dienone is 4. The third-order valence-electron chi connectivity index (χ3n) is 7.07. The number of amides is 1. The lowest BCUT2D eigenvalue weighted by molar-refractivity contribution is -0.117. The maximum absolute atomic E-state index is 13.4. The first-order chi connectivity index (χ1) is 18.6. The molecular weight excluding hydrogens is 511 g/mol. The van der Waals surface area contributed by atoms with Crippen LogP contribution in [0.15, 0.2) is 83.5 Å². The number of carbonyl (C=O) groups is 1. The molecule has 1 aromatic carbocycles. The van der Waals surface area contributed by atoms with Gasteiger partial charge in [-0.3, -0.25) is 9.10 Å². The van der Waals surface area contributed by atoms with E-state index in [-0.39, 0.29) is 28.6 Å². The minimum Gasteiger partial charge on any atom is -0.348 e. The Hall–Kier alpha value is -2.93. The summed E-state index contributed by atoms with van der Waals surface area (Å²) in [5.74, 6) is -0.685. The Morgan fingerprint density at radius 2 is 1.67 bits per heavy atom. The van der Waals surface area contributed by atoms with Gasteiger partial charge in [0.25, 0.3) is 15.9 Å². The van der Waals surface area contributed by atoms with Crippen LogP contribution in [0.5, 0.6) is 0 Å². The molecule has 1 aliphatic heterocycles. The van der Waals surface area contributed by atoms with Crippen LogP contribution in [-0.4, -0.2) is 25.2 Å². The van der Waals surface area contributed by atoms with E-state index in [0.29, 0.717) is 12.1 Å². The average Bonchev–Trinajstić information content (AvgIpc) is 3.21. The predicted octanol–water partition coefficient (Wildman–Crippen LogP) is 7.96. The molecule has 1 fully saturated rings. The molecule has 2 aliphatic rings. The van der Waals surface area contributed by atoms with E-state index in [1.54, 1.807) is 31.2 Å². The second kappa shape index (κ2) is 16.2. The Morgan fingerprint density at radius 1 is 1.10 bits per heavy atom. The number of nitrogens with one attached hydrogen (secondary N) is 1. The van der Waals surface area contributed by atoms with Crippen molar-refractivity contribution < 1.29 is 17.6 Å².